The quantitative estimate of drug-likeness (QED) is 0.648. The van der Waals surface area contributed by atoms with Gasteiger partial charge in [-0.05, 0) is 12.1 Å². The number of nitrogens with zero attached hydrogens (tertiary/aromatic N) is 2. The molecule has 0 unspecified atom stereocenters. The van der Waals surface area contributed by atoms with E-state index in [1.165, 1.54) is 6.20 Å². The van der Waals surface area contributed by atoms with Crippen LogP contribution in [0.5, 0.6) is 0 Å². The van der Waals surface area contributed by atoms with Crippen LogP contribution in [0.25, 0.3) is 10.9 Å². The summed E-state index contributed by atoms with van der Waals surface area (Å²) in [4.78, 5) is 16.3. The Kier molecular flexibility index (Phi) is 2.60. The molecule has 0 atom stereocenters. The molecule has 19 heavy (non-hydrogen) atoms. The Morgan fingerprint density at radius 1 is 1.26 bits per heavy atom. The van der Waals surface area contributed by atoms with E-state index in [9.17, 15) is 4.79 Å². The first-order chi connectivity index (χ1) is 9.25. The number of carbonyl (C=O) groups is 1. The van der Waals surface area contributed by atoms with Gasteiger partial charge in [0.25, 0.3) is 5.91 Å². The Hall–Kier alpha value is -2.89. The smallest absolute Gasteiger partial charge is 0.261 e. The first kappa shape index (κ1) is 11.2. The highest BCUT2D eigenvalue weighted by Crippen LogP contribution is 2.21. The maximum absolute atomic E-state index is 12.1. The van der Waals surface area contributed by atoms with Gasteiger partial charge >= 0.3 is 0 Å². The molecule has 6 heteroatoms. The van der Waals surface area contributed by atoms with Crippen molar-refractivity contribution in [2.45, 2.75) is 0 Å². The number of aromatic amines is 1. The molecule has 2 heterocycles. The first-order valence-electron chi connectivity index (χ1n) is 5.69. The summed E-state index contributed by atoms with van der Waals surface area (Å²) < 4.78 is 0. The summed E-state index contributed by atoms with van der Waals surface area (Å²) in [7, 11) is 0. The molecular formula is C13H11N5O. The van der Waals surface area contributed by atoms with Gasteiger partial charge in [-0.1, -0.05) is 18.2 Å². The monoisotopic (exact) mass is 253 g/mol. The largest absolute Gasteiger partial charge is 0.383 e. The molecule has 0 aliphatic carbocycles. The predicted molar refractivity (Wildman–Crippen MR) is 72.7 cm³/mol. The van der Waals surface area contributed by atoms with Crippen LogP contribution in [0, 0.1) is 0 Å². The number of aromatic nitrogens is 3. The number of nitrogen functional groups attached to an aromatic ring is 1. The van der Waals surface area contributed by atoms with Crippen molar-refractivity contribution in [1.29, 1.82) is 0 Å². The highest BCUT2D eigenvalue weighted by atomic mass is 16.1. The zero-order valence-electron chi connectivity index (χ0n) is 9.92. The number of nitrogens with one attached hydrogen (secondary N) is 2. The third-order valence-electron chi connectivity index (χ3n) is 2.79. The van der Waals surface area contributed by atoms with E-state index in [0.717, 1.165) is 10.9 Å². The van der Waals surface area contributed by atoms with Crippen LogP contribution in [0.1, 0.15) is 10.4 Å². The van der Waals surface area contributed by atoms with Crippen LogP contribution in [0.2, 0.25) is 0 Å². The molecular weight excluding hydrogens is 242 g/mol. The number of hydrogen-bond acceptors (Lipinski definition) is 4. The highest BCUT2D eigenvalue weighted by molar-refractivity contribution is 6.10. The molecule has 0 bridgehead atoms. The second-order valence-corrected chi connectivity index (χ2v) is 4.03. The molecule has 4 N–H and O–H groups in total. The summed E-state index contributed by atoms with van der Waals surface area (Å²) >= 11 is 0. The van der Waals surface area contributed by atoms with E-state index in [1.807, 2.05) is 24.3 Å². The first-order valence-corrected chi connectivity index (χ1v) is 5.69. The number of anilines is 2. The number of pyridine rings is 1. The normalized spacial score (nSPS) is 10.5. The zero-order valence-corrected chi connectivity index (χ0v) is 9.92. The molecule has 0 saturated carbocycles. The van der Waals surface area contributed by atoms with E-state index >= 15 is 0 Å². The maximum atomic E-state index is 12.1. The molecule has 6 nitrogen and oxygen atoms in total. The van der Waals surface area contributed by atoms with E-state index in [4.69, 9.17) is 5.73 Å². The average molecular weight is 253 g/mol. The van der Waals surface area contributed by atoms with Gasteiger partial charge in [0.15, 0.2) is 0 Å². The van der Waals surface area contributed by atoms with Gasteiger partial charge in [-0.15, -0.1) is 0 Å². The molecule has 3 aromatic rings. The van der Waals surface area contributed by atoms with Crippen LogP contribution in [-0.4, -0.2) is 21.1 Å². The number of para-hydroxylation sites is 1. The SMILES string of the molecule is Nc1[nH]ncc1C(=O)Nc1cccc2cccnc12. The molecule has 1 amide bonds. The Morgan fingerprint density at radius 2 is 2.11 bits per heavy atom. The Bertz CT molecular complexity index is 744. The van der Waals surface area contributed by atoms with Crippen molar-refractivity contribution in [3.05, 3.63) is 48.3 Å². The summed E-state index contributed by atoms with van der Waals surface area (Å²) in [6, 6.07) is 9.37. The Balaban J connectivity index is 1.98. The molecule has 0 saturated heterocycles. The van der Waals surface area contributed by atoms with Crippen LogP contribution in [0.4, 0.5) is 11.5 Å². The molecule has 0 spiro atoms. The minimum absolute atomic E-state index is 0.241. The molecule has 0 fully saturated rings. The summed E-state index contributed by atoms with van der Waals surface area (Å²) in [5, 5.41) is 9.99. The fourth-order valence-electron chi connectivity index (χ4n) is 1.87. The predicted octanol–water partition coefficient (Wildman–Crippen LogP) is 1.79. The minimum atomic E-state index is -0.315. The van der Waals surface area contributed by atoms with Gasteiger partial charge in [0, 0.05) is 11.6 Å². The van der Waals surface area contributed by atoms with Crippen LogP contribution < -0.4 is 11.1 Å². The number of fused-ring (bicyclic) bond motifs is 1. The number of carbonyl (C=O) groups excluding carboxylic acids is 1. The van der Waals surface area contributed by atoms with Crippen molar-refractivity contribution in [3.8, 4) is 0 Å². The molecule has 0 radical (unpaired) electrons. The lowest BCUT2D eigenvalue weighted by atomic mass is 10.2. The number of rotatable bonds is 2. The maximum Gasteiger partial charge on any atom is 0.261 e. The van der Waals surface area contributed by atoms with Gasteiger partial charge in [-0.3, -0.25) is 14.9 Å². The van der Waals surface area contributed by atoms with Crippen LogP contribution >= 0.6 is 0 Å². The van der Waals surface area contributed by atoms with Crippen LogP contribution in [0.3, 0.4) is 0 Å². The second-order valence-electron chi connectivity index (χ2n) is 4.03. The average Bonchev–Trinajstić information content (AvgIpc) is 2.85. The fourth-order valence-corrected chi connectivity index (χ4v) is 1.87. The Labute approximate surface area is 108 Å². The standard InChI is InChI=1S/C13H11N5O/c14-12-9(7-16-18-12)13(19)17-10-5-1-3-8-4-2-6-15-11(8)10/h1-7H,(H,17,19)(H3,14,16,18). The number of hydrogen-bond donors (Lipinski definition) is 3. The van der Waals surface area contributed by atoms with E-state index in [-0.39, 0.29) is 11.7 Å². The molecule has 3 rings (SSSR count). The summed E-state index contributed by atoms with van der Waals surface area (Å²) in [6.45, 7) is 0. The van der Waals surface area contributed by atoms with Crippen molar-refractivity contribution in [1.82, 2.24) is 15.2 Å². The minimum Gasteiger partial charge on any atom is -0.383 e. The lowest BCUT2D eigenvalue weighted by Crippen LogP contribution is -2.13. The fraction of sp³-hybridized carbons (Fsp3) is 0. The van der Waals surface area contributed by atoms with Gasteiger partial charge in [0.1, 0.15) is 11.4 Å². The summed E-state index contributed by atoms with van der Waals surface area (Å²) in [5.41, 5.74) is 7.30. The van der Waals surface area contributed by atoms with Crippen molar-refractivity contribution in [2.75, 3.05) is 11.1 Å². The highest BCUT2D eigenvalue weighted by Gasteiger charge is 2.13. The molecule has 0 aliphatic heterocycles. The van der Waals surface area contributed by atoms with Gasteiger partial charge in [-0.2, -0.15) is 5.10 Å². The number of H-pyrrole nitrogens is 1. The third-order valence-corrected chi connectivity index (χ3v) is 2.79. The molecule has 0 aliphatic rings. The van der Waals surface area contributed by atoms with Crippen molar-refractivity contribution in [3.63, 3.8) is 0 Å². The lowest BCUT2D eigenvalue weighted by Gasteiger charge is -2.07. The molecule has 2 aromatic heterocycles. The van der Waals surface area contributed by atoms with Crippen molar-refractivity contribution < 1.29 is 4.79 Å². The summed E-state index contributed by atoms with van der Waals surface area (Å²) in [5.74, 6) is -0.0740. The molecule has 94 valence electrons. The van der Waals surface area contributed by atoms with E-state index in [0.29, 0.717) is 11.3 Å². The summed E-state index contributed by atoms with van der Waals surface area (Å²) in [6.07, 6.45) is 3.08. The van der Waals surface area contributed by atoms with Crippen LogP contribution in [-0.2, 0) is 0 Å². The van der Waals surface area contributed by atoms with Crippen molar-refractivity contribution >= 4 is 28.3 Å². The third kappa shape index (κ3) is 1.99. The lowest BCUT2D eigenvalue weighted by molar-refractivity contribution is 0.102. The van der Waals surface area contributed by atoms with Gasteiger partial charge < -0.3 is 11.1 Å². The Morgan fingerprint density at radius 3 is 2.89 bits per heavy atom. The number of nitrogens with two attached hydrogens (primary N) is 1. The van der Waals surface area contributed by atoms with E-state index in [1.54, 1.807) is 12.3 Å². The number of benzene rings is 1. The topological polar surface area (TPSA) is 96.7 Å². The second kappa shape index (κ2) is 4.41. The van der Waals surface area contributed by atoms with Crippen molar-refractivity contribution in [2.24, 2.45) is 0 Å². The van der Waals surface area contributed by atoms with E-state index < -0.39 is 0 Å². The molecule has 1 aromatic carbocycles. The van der Waals surface area contributed by atoms with Gasteiger partial charge in [0.05, 0.1) is 17.4 Å². The van der Waals surface area contributed by atoms with Gasteiger partial charge in [-0.25, -0.2) is 0 Å². The van der Waals surface area contributed by atoms with Gasteiger partial charge in [0.2, 0.25) is 0 Å². The zero-order chi connectivity index (χ0) is 13.2. The van der Waals surface area contributed by atoms with Crippen LogP contribution in [0.15, 0.2) is 42.7 Å². The van der Waals surface area contributed by atoms with E-state index in [2.05, 4.69) is 20.5 Å². The number of amides is 1.